The van der Waals surface area contributed by atoms with Crippen molar-refractivity contribution < 1.29 is 19.1 Å². The average Bonchev–Trinajstić information content (AvgIpc) is 3.42. The Bertz CT molecular complexity index is 675. The van der Waals surface area contributed by atoms with E-state index in [4.69, 9.17) is 9.47 Å². The molecule has 6 heteroatoms. The van der Waals surface area contributed by atoms with E-state index in [1.54, 1.807) is 0 Å². The number of ether oxygens (including phenoxy) is 2. The van der Waals surface area contributed by atoms with Crippen LogP contribution >= 0.6 is 0 Å². The second kappa shape index (κ2) is 8.30. The molecule has 2 saturated heterocycles. The van der Waals surface area contributed by atoms with Crippen LogP contribution in [0, 0.1) is 11.8 Å². The summed E-state index contributed by atoms with van der Waals surface area (Å²) in [5.74, 6) is 1.28. The predicted molar refractivity (Wildman–Crippen MR) is 102 cm³/mol. The third-order valence-electron chi connectivity index (χ3n) is 5.67. The maximum absolute atomic E-state index is 12.6. The molecule has 2 aliphatic heterocycles. The van der Waals surface area contributed by atoms with Crippen molar-refractivity contribution in [2.45, 2.75) is 44.6 Å². The molecule has 146 valence electrons. The fourth-order valence-corrected chi connectivity index (χ4v) is 3.82. The van der Waals surface area contributed by atoms with Crippen LogP contribution in [0.5, 0.6) is 5.75 Å². The quantitative estimate of drug-likeness (QED) is 0.834. The Kier molecular flexibility index (Phi) is 5.62. The highest BCUT2D eigenvalue weighted by molar-refractivity contribution is 5.93. The van der Waals surface area contributed by atoms with Crippen molar-refractivity contribution in [3.63, 3.8) is 0 Å². The van der Waals surface area contributed by atoms with Crippen molar-refractivity contribution in [1.82, 2.24) is 4.90 Å². The van der Waals surface area contributed by atoms with Crippen molar-refractivity contribution >= 4 is 17.5 Å². The van der Waals surface area contributed by atoms with E-state index >= 15 is 0 Å². The van der Waals surface area contributed by atoms with Gasteiger partial charge in [0.05, 0.1) is 6.10 Å². The van der Waals surface area contributed by atoms with E-state index in [-0.39, 0.29) is 29.8 Å². The third-order valence-corrected chi connectivity index (χ3v) is 5.67. The number of likely N-dealkylation sites (tertiary alicyclic amines) is 1. The van der Waals surface area contributed by atoms with Crippen LogP contribution in [-0.2, 0) is 14.3 Å². The Morgan fingerprint density at radius 3 is 2.63 bits per heavy atom. The summed E-state index contributed by atoms with van der Waals surface area (Å²) < 4.78 is 11.4. The summed E-state index contributed by atoms with van der Waals surface area (Å²) in [4.78, 5) is 26.6. The largest absolute Gasteiger partial charge is 0.491 e. The van der Waals surface area contributed by atoms with Crippen molar-refractivity contribution in [2.24, 2.45) is 11.8 Å². The highest BCUT2D eigenvalue weighted by Crippen LogP contribution is 2.32. The zero-order valence-electron chi connectivity index (χ0n) is 15.7. The lowest BCUT2D eigenvalue weighted by Gasteiger charge is -2.31. The van der Waals surface area contributed by atoms with Gasteiger partial charge in [-0.15, -0.1) is 0 Å². The summed E-state index contributed by atoms with van der Waals surface area (Å²) >= 11 is 0. The van der Waals surface area contributed by atoms with Gasteiger partial charge < -0.3 is 19.7 Å². The van der Waals surface area contributed by atoms with Crippen LogP contribution < -0.4 is 10.1 Å². The molecule has 27 heavy (non-hydrogen) atoms. The van der Waals surface area contributed by atoms with Gasteiger partial charge in [0.15, 0.2) is 0 Å². The second-order valence-corrected chi connectivity index (χ2v) is 7.84. The number of rotatable bonds is 6. The van der Waals surface area contributed by atoms with Crippen LogP contribution in [0.25, 0.3) is 0 Å². The highest BCUT2D eigenvalue weighted by atomic mass is 16.5. The lowest BCUT2D eigenvalue weighted by Crippen LogP contribution is -2.42. The smallest absolute Gasteiger partial charge is 0.227 e. The first-order chi connectivity index (χ1) is 13.2. The van der Waals surface area contributed by atoms with E-state index in [9.17, 15) is 9.59 Å². The van der Waals surface area contributed by atoms with E-state index in [0.29, 0.717) is 19.7 Å². The molecule has 2 amide bonds. The summed E-state index contributed by atoms with van der Waals surface area (Å²) in [5, 5.41) is 3.01. The zero-order valence-corrected chi connectivity index (χ0v) is 15.7. The van der Waals surface area contributed by atoms with Crippen molar-refractivity contribution in [3.05, 3.63) is 24.3 Å². The molecule has 1 saturated carbocycles. The van der Waals surface area contributed by atoms with Gasteiger partial charge in [0.1, 0.15) is 12.4 Å². The Morgan fingerprint density at radius 1 is 1.11 bits per heavy atom. The molecule has 0 aromatic heterocycles. The Balaban J connectivity index is 1.25. The maximum Gasteiger partial charge on any atom is 0.227 e. The summed E-state index contributed by atoms with van der Waals surface area (Å²) in [5.41, 5.74) is 0.751. The maximum atomic E-state index is 12.6. The number of hydrogen-bond acceptors (Lipinski definition) is 4. The molecule has 3 fully saturated rings. The molecule has 1 aliphatic carbocycles. The molecule has 6 nitrogen and oxygen atoms in total. The summed E-state index contributed by atoms with van der Waals surface area (Å²) in [6, 6.07) is 7.52. The molecule has 1 aromatic rings. The van der Waals surface area contributed by atoms with E-state index in [1.165, 1.54) is 0 Å². The molecule has 1 atom stereocenters. The number of carbonyl (C=O) groups is 2. The minimum Gasteiger partial charge on any atom is -0.491 e. The van der Waals surface area contributed by atoms with E-state index in [0.717, 1.165) is 56.6 Å². The SMILES string of the molecule is O=C(Nc1cccc(OCC2CCCO2)c1)C1CCN(C(=O)C2CC2)CC1. The van der Waals surface area contributed by atoms with Crippen molar-refractivity contribution in [2.75, 3.05) is 31.6 Å². The van der Waals surface area contributed by atoms with Crippen molar-refractivity contribution in [3.8, 4) is 5.75 Å². The van der Waals surface area contributed by atoms with Crippen LogP contribution in [-0.4, -0.2) is 49.1 Å². The Morgan fingerprint density at radius 2 is 1.93 bits per heavy atom. The van der Waals surface area contributed by atoms with Gasteiger partial charge in [-0.05, 0) is 50.7 Å². The number of hydrogen-bond donors (Lipinski definition) is 1. The molecule has 2 heterocycles. The normalized spacial score (nSPS) is 23.3. The van der Waals surface area contributed by atoms with Crippen molar-refractivity contribution in [1.29, 1.82) is 0 Å². The van der Waals surface area contributed by atoms with Gasteiger partial charge in [0.25, 0.3) is 0 Å². The second-order valence-electron chi connectivity index (χ2n) is 7.84. The lowest BCUT2D eigenvalue weighted by molar-refractivity contribution is -0.135. The number of benzene rings is 1. The van der Waals surface area contributed by atoms with Crippen LogP contribution in [0.4, 0.5) is 5.69 Å². The first-order valence-electron chi connectivity index (χ1n) is 10.1. The van der Waals surface area contributed by atoms with Gasteiger partial charge in [-0.25, -0.2) is 0 Å². The molecule has 1 N–H and O–H groups in total. The van der Waals surface area contributed by atoms with Crippen LogP contribution in [0.2, 0.25) is 0 Å². The standard InChI is InChI=1S/C21H28N2O4/c24-20(15-8-10-23(11-9-15)21(25)16-6-7-16)22-17-3-1-4-18(13-17)27-14-19-5-2-12-26-19/h1,3-4,13,15-16,19H,2,5-12,14H2,(H,22,24). The summed E-state index contributed by atoms with van der Waals surface area (Å²) in [7, 11) is 0. The molecule has 0 bridgehead atoms. The molecule has 4 rings (SSSR count). The van der Waals surface area contributed by atoms with Gasteiger partial charge in [0, 0.05) is 43.3 Å². The predicted octanol–water partition coefficient (Wildman–Crippen LogP) is 2.83. The van der Waals surface area contributed by atoms with Gasteiger partial charge in [-0.2, -0.15) is 0 Å². The minimum absolute atomic E-state index is 0.0322. The molecule has 1 unspecified atom stereocenters. The number of nitrogens with one attached hydrogen (secondary N) is 1. The Labute approximate surface area is 160 Å². The summed E-state index contributed by atoms with van der Waals surface area (Å²) in [6.07, 6.45) is 5.84. The number of amides is 2. The van der Waals surface area contributed by atoms with Gasteiger partial charge >= 0.3 is 0 Å². The zero-order chi connectivity index (χ0) is 18.6. The fraction of sp³-hybridized carbons (Fsp3) is 0.619. The van der Waals surface area contributed by atoms with Gasteiger partial charge in [-0.3, -0.25) is 9.59 Å². The third kappa shape index (κ3) is 4.80. The number of carbonyl (C=O) groups excluding carboxylic acids is 2. The topological polar surface area (TPSA) is 67.9 Å². The average molecular weight is 372 g/mol. The fourth-order valence-electron chi connectivity index (χ4n) is 3.82. The minimum atomic E-state index is -0.0373. The first-order valence-corrected chi connectivity index (χ1v) is 10.1. The molecule has 1 aromatic carbocycles. The van der Waals surface area contributed by atoms with Crippen LogP contribution in [0.3, 0.4) is 0 Å². The molecular weight excluding hydrogens is 344 g/mol. The van der Waals surface area contributed by atoms with Gasteiger partial charge in [0.2, 0.25) is 11.8 Å². The van der Waals surface area contributed by atoms with E-state index < -0.39 is 0 Å². The monoisotopic (exact) mass is 372 g/mol. The lowest BCUT2D eigenvalue weighted by atomic mass is 9.95. The first kappa shape index (κ1) is 18.3. The van der Waals surface area contributed by atoms with E-state index in [2.05, 4.69) is 5.32 Å². The molecule has 3 aliphatic rings. The van der Waals surface area contributed by atoms with E-state index in [1.807, 2.05) is 29.2 Å². The number of piperidine rings is 1. The van der Waals surface area contributed by atoms with Gasteiger partial charge in [-0.1, -0.05) is 6.07 Å². The molecular formula is C21H28N2O4. The number of anilines is 1. The number of nitrogens with zero attached hydrogens (tertiary/aromatic N) is 1. The molecule has 0 spiro atoms. The van der Waals surface area contributed by atoms with Crippen LogP contribution in [0.15, 0.2) is 24.3 Å². The molecule has 0 radical (unpaired) electrons. The Hall–Kier alpha value is -2.08. The highest BCUT2D eigenvalue weighted by Gasteiger charge is 2.35. The summed E-state index contributed by atoms with van der Waals surface area (Å²) in [6.45, 7) is 2.75. The van der Waals surface area contributed by atoms with Crippen LogP contribution in [0.1, 0.15) is 38.5 Å².